The lowest BCUT2D eigenvalue weighted by atomic mass is 9.75. The predicted molar refractivity (Wildman–Crippen MR) is 60.6 cm³/mol. The second-order valence-corrected chi connectivity index (χ2v) is 5.04. The summed E-state index contributed by atoms with van der Waals surface area (Å²) in [6, 6.07) is 6.85. The van der Waals surface area contributed by atoms with E-state index in [2.05, 4.69) is 0 Å². The summed E-state index contributed by atoms with van der Waals surface area (Å²) in [4.78, 5) is 0. The number of hydrogen-bond acceptors (Lipinski definition) is 1. The maximum absolute atomic E-state index is 13.1. The summed E-state index contributed by atoms with van der Waals surface area (Å²) in [6.45, 7) is 5.17. The van der Waals surface area contributed by atoms with Crippen LogP contribution >= 0.6 is 0 Å². The van der Waals surface area contributed by atoms with Crippen molar-refractivity contribution in [3.8, 4) is 0 Å². The van der Waals surface area contributed by atoms with Gasteiger partial charge in [-0.2, -0.15) is 0 Å². The summed E-state index contributed by atoms with van der Waals surface area (Å²) < 4.78 is 26.2. The Labute approximate surface area is 95.1 Å². The second kappa shape index (κ2) is 4.91. The van der Waals surface area contributed by atoms with Crippen molar-refractivity contribution in [3.05, 3.63) is 35.4 Å². The highest BCUT2D eigenvalue weighted by atomic mass is 19.3. The van der Waals surface area contributed by atoms with E-state index in [0.717, 1.165) is 0 Å². The minimum absolute atomic E-state index is 0.199. The molecule has 1 aromatic rings. The Hall–Kier alpha value is -0.960. The first kappa shape index (κ1) is 13.1. The van der Waals surface area contributed by atoms with Crippen LogP contribution < -0.4 is 0 Å². The molecule has 0 aliphatic rings. The molecule has 90 valence electrons. The third-order valence-corrected chi connectivity index (χ3v) is 2.75. The van der Waals surface area contributed by atoms with Gasteiger partial charge in [0, 0.05) is 0 Å². The van der Waals surface area contributed by atoms with E-state index in [4.69, 9.17) is 5.11 Å². The van der Waals surface area contributed by atoms with E-state index >= 15 is 0 Å². The summed E-state index contributed by atoms with van der Waals surface area (Å²) >= 11 is 0. The SMILES string of the molecule is CC(C)(C)C(c1ccccc1CO)C(F)F. The topological polar surface area (TPSA) is 20.2 Å². The Bertz CT molecular complexity index is 342. The van der Waals surface area contributed by atoms with E-state index in [-0.39, 0.29) is 6.61 Å². The summed E-state index contributed by atoms with van der Waals surface area (Å²) in [6.07, 6.45) is -2.42. The number of alkyl halides is 2. The van der Waals surface area contributed by atoms with Crippen LogP contribution in [0.25, 0.3) is 0 Å². The van der Waals surface area contributed by atoms with Gasteiger partial charge < -0.3 is 5.11 Å². The quantitative estimate of drug-likeness (QED) is 0.838. The van der Waals surface area contributed by atoms with Crippen LogP contribution in [0.3, 0.4) is 0 Å². The molecule has 1 unspecified atom stereocenters. The lowest BCUT2D eigenvalue weighted by Gasteiger charge is -2.31. The first-order valence-electron chi connectivity index (χ1n) is 5.34. The molecule has 1 N–H and O–H groups in total. The molecule has 0 aromatic heterocycles. The highest BCUT2D eigenvalue weighted by molar-refractivity contribution is 5.31. The molecule has 0 aliphatic carbocycles. The van der Waals surface area contributed by atoms with Crippen molar-refractivity contribution in [3.63, 3.8) is 0 Å². The van der Waals surface area contributed by atoms with Gasteiger partial charge in [0.2, 0.25) is 6.43 Å². The molecule has 1 aromatic carbocycles. The van der Waals surface area contributed by atoms with Gasteiger partial charge in [-0.3, -0.25) is 0 Å². The van der Waals surface area contributed by atoms with Gasteiger partial charge in [-0.05, 0) is 16.5 Å². The monoisotopic (exact) mass is 228 g/mol. The lowest BCUT2D eigenvalue weighted by molar-refractivity contribution is 0.0613. The van der Waals surface area contributed by atoms with Gasteiger partial charge in [-0.1, -0.05) is 45.0 Å². The second-order valence-electron chi connectivity index (χ2n) is 5.04. The fourth-order valence-corrected chi connectivity index (χ4v) is 1.96. The number of aliphatic hydroxyl groups excluding tert-OH is 1. The molecule has 0 saturated heterocycles. The summed E-state index contributed by atoms with van der Waals surface area (Å²) in [7, 11) is 0. The third-order valence-electron chi connectivity index (χ3n) is 2.75. The molecule has 0 bridgehead atoms. The Morgan fingerprint density at radius 3 is 2.19 bits per heavy atom. The van der Waals surface area contributed by atoms with Crippen molar-refractivity contribution in [2.24, 2.45) is 5.41 Å². The molecule has 0 fully saturated rings. The Balaban J connectivity index is 3.21. The van der Waals surface area contributed by atoms with Crippen LogP contribution in [-0.4, -0.2) is 11.5 Å². The molecular formula is C13H18F2O. The minimum atomic E-state index is -2.42. The molecular weight excluding hydrogens is 210 g/mol. The van der Waals surface area contributed by atoms with Crippen molar-refractivity contribution in [2.45, 2.75) is 39.7 Å². The smallest absolute Gasteiger partial charge is 0.245 e. The molecule has 1 nitrogen and oxygen atoms in total. The number of rotatable bonds is 3. The van der Waals surface area contributed by atoms with Crippen molar-refractivity contribution in [2.75, 3.05) is 0 Å². The zero-order chi connectivity index (χ0) is 12.3. The van der Waals surface area contributed by atoms with E-state index < -0.39 is 17.8 Å². The van der Waals surface area contributed by atoms with Gasteiger partial charge in [0.1, 0.15) is 0 Å². The van der Waals surface area contributed by atoms with E-state index in [1.54, 1.807) is 45.0 Å². The van der Waals surface area contributed by atoms with Gasteiger partial charge in [-0.25, -0.2) is 8.78 Å². The molecule has 1 rings (SSSR count). The summed E-state index contributed by atoms with van der Waals surface area (Å²) in [5, 5.41) is 9.17. The van der Waals surface area contributed by atoms with Crippen LogP contribution in [0.1, 0.15) is 37.8 Å². The first-order chi connectivity index (χ1) is 7.38. The molecule has 0 spiro atoms. The third kappa shape index (κ3) is 2.79. The predicted octanol–water partition coefficient (Wildman–Crippen LogP) is 3.57. The minimum Gasteiger partial charge on any atom is -0.392 e. The Morgan fingerprint density at radius 1 is 1.19 bits per heavy atom. The number of halogens is 2. The number of hydrogen-bond donors (Lipinski definition) is 1. The van der Waals surface area contributed by atoms with Crippen molar-refractivity contribution in [1.82, 2.24) is 0 Å². The van der Waals surface area contributed by atoms with Gasteiger partial charge in [0.05, 0.1) is 12.5 Å². The Kier molecular flexibility index (Phi) is 4.03. The number of aliphatic hydroxyl groups is 1. The fourth-order valence-electron chi connectivity index (χ4n) is 1.96. The Morgan fingerprint density at radius 2 is 1.75 bits per heavy atom. The molecule has 1 atom stereocenters. The highest BCUT2D eigenvalue weighted by Gasteiger charge is 2.35. The van der Waals surface area contributed by atoms with E-state index in [9.17, 15) is 8.78 Å². The molecule has 0 aliphatic heterocycles. The van der Waals surface area contributed by atoms with Crippen LogP contribution in [0, 0.1) is 5.41 Å². The average Bonchev–Trinajstić information content (AvgIpc) is 2.15. The van der Waals surface area contributed by atoms with Gasteiger partial charge in [0.25, 0.3) is 0 Å². The average molecular weight is 228 g/mol. The molecule has 3 heteroatoms. The van der Waals surface area contributed by atoms with E-state index in [1.165, 1.54) is 0 Å². The van der Waals surface area contributed by atoms with Gasteiger partial charge in [0.15, 0.2) is 0 Å². The van der Waals surface area contributed by atoms with Crippen molar-refractivity contribution in [1.29, 1.82) is 0 Å². The van der Waals surface area contributed by atoms with E-state index in [0.29, 0.717) is 11.1 Å². The van der Waals surface area contributed by atoms with Crippen LogP contribution in [0.4, 0.5) is 8.78 Å². The lowest BCUT2D eigenvalue weighted by Crippen LogP contribution is -2.26. The summed E-state index contributed by atoms with van der Waals surface area (Å²) in [5.74, 6) is -0.851. The largest absolute Gasteiger partial charge is 0.392 e. The standard InChI is InChI=1S/C13H18F2O/c1-13(2,3)11(12(14)15)10-7-5-4-6-9(10)8-16/h4-7,11-12,16H,8H2,1-3H3. The number of benzene rings is 1. The van der Waals surface area contributed by atoms with Crippen LogP contribution in [0.15, 0.2) is 24.3 Å². The van der Waals surface area contributed by atoms with Gasteiger partial charge in [-0.15, -0.1) is 0 Å². The highest BCUT2D eigenvalue weighted by Crippen LogP contribution is 2.40. The van der Waals surface area contributed by atoms with Crippen LogP contribution in [0.2, 0.25) is 0 Å². The zero-order valence-corrected chi connectivity index (χ0v) is 9.87. The zero-order valence-electron chi connectivity index (χ0n) is 9.87. The van der Waals surface area contributed by atoms with Gasteiger partial charge >= 0.3 is 0 Å². The maximum Gasteiger partial charge on any atom is 0.245 e. The molecule has 0 amide bonds. The molecule has 16 heavy (non-hydrogen) atoms. The normalized spacial score (nSPS) is 14.2. The van der Waals surface area contributed by atoms with Crippen LogP contribution in [0.5, 0.6) is 0 Å². The van der Waals surface area contributed by atoms with Crippen molar-refractivity contribution >= 4 is 0 Å². The maximum atomic E-state index is 13.1. The van der Waals surface area contributed by atoms with E-state index in [1.807, 2.05) is 0 Å². The molecule has 0 radical (unpaired) electrons. The molecule has 0 saturated carbocycles. The van der Waals surface area contributed by atoms with Crippen LogP contribution in [-0.2, 0) is 6.61 Å². The fraction of sp³-hybridized carbons (Fsp3) is 0.538. The summed E-state index contributed by atoms with van der Waals surface area (Å²) in [5.41, 5.74) is 0.606. The van der Waals surface area contributed by atoms with Crippen molar-refractivity contribution < 1.29 is 13.9 Å². The molecule has 0 heterocycles. The first-order valence-corrected chi connectivity index (χ1v) is 5.34.